The lowest BCUT2D eigenvalue weighted by molar-refractivity contribution is 0.550. The minimum Gasteiger partial charge on any atom is -0.446 e. The van der Waals surface area contributed by atoms with Crippen LogP contribution in [0.15, 0.2) is 114 Å². The molecule has 2 aromatic carbocycles. The number of hydrogen-bond acceptors (Lipinski definition) is 13. The fourth-order valence-corrected chi connectivity index (χ4v) is 8.51. The maximum absolute atomic E-state index is 14.3. The van der Waals surface area contributed by atoms with E-state index < -0.39 is 5.13 Å². The monoisotopic (exact) mass is 780 g/mol. The van der Waals surface area contributed by atoms with Gasteiger partial charge in [-0.1, -0.05) is 11.3 Å². The maximum atomic E-state index is 14.3. The zero-order valence-electron chi connectivity index (χ0n) is 31.8. The molecule has 0 spiro atoms. The molecule has 288 valence electrons. The van der Waals surface area contributed by atoms with E-state index in [-0.39, 0.29) is 5.84 Å². The van der Waals surface area contributed by atoms with Crippen molar-refractivity contribution >= 4 is 75.0 Å². The van der Waals surface area contributed by atoms with Crippen molar-refractivity contribution in [1.29, 1.82) is 0 Å². The van der Waals surface area contributed by atoms with Gasteiger partial charge in [0.25, 0.3) is 0 Å². The van der Waals surface area contributed by atoms with E-state index in [0.717, 1.165) is 88.6 Å². The maximum Gasteiger partial charge on any atom is 0.239 e. The van der Waals surface area contributed by atoms with Crippen LogP contribution in [0, 0.1) is 19.0 Å². The highest BCUT2D eigenvalue weighted by Crippen LogP contribution is 2.39. The lowest BCUT2D eigenvalue weighted by Gasteiger charge is -2.33. The third kappa shape index (κ3) is 7.05. The number of halogens is 1. The third-order valence-corrected chi connectivity index (χ3v) is 11.5. The Bertz CT molecular complexity index is 2450. The van der Waals surface area contributed by atoms with Crippen LogP contribution in [0.4, 0.5) is 38.9 Å². The molecular formula is C43H41FN10O2S. The number of anilines is 6. The number of nitrogens with zero attached hydrogens (tertiary/aromatic N) is 8. The molecule has 2 fully saturated rings. The lowest BCUT2D eigenvalue weighted by Crippen LogP contribution is -2.42. The quantitative estimate of drug-likeness (QED) is 0.152. The van der Waals surface area contributed by atoms with Crippen molar-refractivity contribution in [1.82, 2.24) is 9.88 Å². The van der Waals surface area contributed by atoms with Gasteiger partial charge in [-0.25, -0.2) is 19.9 Å². The number of furan rings is 2. The molecule has 0 amide bonds. The topological polar surface area (TPSA) is 122 Å². The fourth-order valence-electron chi connectivity index (χ4n) is 7.93. The predicted molar refractivity (Wildman–Crippen MR) is 226 cm³/mol. The van der Waals surface area contributed by atoms with E-state index in [2.05, 4.69) is 61.8 Å². The Morgan fingerprint density at radius 2 is 1.25 bits per heavy atom. The zero-order chi connectivity index (χ0) is 38.5. The lowest BCUT2D eigenvalue weighted by atomic mass is 10.0. The van der Waals surface area contributed by atoms with Crippen LogP contribution in [0.1, 0.15) is 66.2 Å². The van der Waals surface area contributed by atoms with Crippen molar-refractivity contribution in [2.75, 3.05) is 46.6 Å². The summed E-state index contributed by atoms with van der Waals surface area (Å²) in [6.07, 6.45) is 12.4. The van der Waals surface area contributed by atoms with Gasteiger partial charge in [0.2, 0.25) is 11.9 Å². The SMILES string of the molecule is Cc1ccc(Nc2cc(N3CCCCC3)ccc2C2=CC3=CC(c4ccc(N5CCCCC5)cc4Nc4ccc(C)o4)=NC4=NC(c5ncc(F)s5)=NC(=N2)N34)o1. The molecule has 10 rings (SSSR count). The molecular weight excluding hydrogens is 740 g/mol. The average Bonchev–Trinajstić information content (AvgIpc) is 3.98. The van der Waals surface area contributed by atoms with Crippen LogP contribution in [-0.2, 0) is 0 Å². The van der Waals surface area contributed by atoms with Crippen molar-refractivity contribution in [3.63, 3.8) is 0 Å². The number of guanidine groups is 2. The van der Waals surface area contributed by atoms with Crippen molar-refractivity contribution in [3.05, 3.63) is 117 Å². The molecule has 5 aromatic rings. The van der Waals surface area contributed by atoms with Crippen LogP contribution in [0.5, 0.6) is 0 Å². The van der Waals surface area contributed by atoms with E-state index in [1.54, 1.807) is 0 Å². The molecule has 2 saturated heterocycles. The van der Waals surface area contributed by atoms with Crippen LogP contribution in [-0.4, -0.2) is 59.5 Å². The first-order valence-corrected chi connectivity index (χ1v) is 20.4. The van der Waals surface area contributed by atoms with Gasteiger partial charge in [0.1, 0.15) is 11.5 Å². The van der Waals surface area contributed by atoms with Crippen LogP contribution >= 0.6 is 11.3 Å². The summed E-state index contributed by atoms with van der Waals surface area (Å²) >= 11 is 0.884. The number of piperidine rings is 2. The Balaban J connectivity index is 1.11. The summed E-state index contributed by atoms with van der Waals surface area (Å²) in [6, 6.07) is 20.6. The summed E-state index contributed by atoms with van der Waals surface area (Å²) in [5.74, 6) is 3.87. The summed E-state index contributed by atoms with van der Waals surface area (Å²) in [5, 5.41) is 7.00. The average molecular weight is 781 g/mol. The fraction of sp³-hybridized carbons (Fsp3) is 0.279. The summed E-state index contributed by atoms with van der Waals surface area (Å²) in [4.78, 5) is 30.9. The van der Waals surface area contributed by atoms with E-state index in [4.69, 9.17) is 28.8 Å². The largest absolute Gasteiger partial charge is 0.446 e. The highest BCUT2D eigenvalue weighted by molar-refractivity contribution is 7.12. The van der Waals surface area contributed by atoms with E-state index in [9.17, 15) is 4.39 Å². The smallest absolute Gasteiger partial charge is 0.239 e. The van der Waals surface area contributed by atoms with Crippen LogP contribution in [0.25, 0.3) is 5.70 Å². The summed E-state index contributed by atoms with van der Waals surface area (Å²) < 4.78 is 26.3. The Morgan fingerprint density at radius 1 is 0.649 bits per heavy atom. The van der Waals surface area contributed by atoms with E-state index >= 15 is 0 Å². The number of aromatic nitrogens is 1. The Morgan fingerprint density at radius 3 is 1.82 bits per heavy atom. The molecule has 0 bridgehead atoms. The molecule has 57 heavy (non-hydrogen) atoms. The Kier molecular flexibility index (Phi) is 9.04. The summed E-state index contributed by atoms with van der Waals surface area (Å²) in [5.41, 5.74) is 7.87. The first kappa shape index (κ1) is 35.2. The number of benzene rings is 2. The van der Waals surface area contributed by atoms with Crippen LogP contribution in [0.3, 0.4) is 0 Å². The predicted octanol–water partition coefficient (Wildman–Crippen LogP) is 9.77. The number of amidine groups is 1. The second kappa shape index (κ2) is 14.7. The van der Waals surface area contributed by atoms with Gasteiger partial charge in [-0.2, -0.15) is 14.4 Å². The molecule has 5 aliphatic rings. The number of allylic oxidation sites excluding steroid dienone is 2. The first-order chi connectivity index (χ1) is 27.9. The number of hydrogen-bond donors (Lipinski definition) is 2. The van der Waals surface area contributed by atoms with Crippen molar-refractivity contribution in [3.8, 4) is 0 Å². The van der Waals surface area contributed by atoms with Crippen molar-refractivity contribution in [2.24, 2.45) is 20.0 Å². The van der Waals surface area contributed by atoms with E-state index in [0.29, 0.717) is 40.1 Å². The molecule has 5 aliphatic heterocycles. The van der Waals surface area contributed by atoms with Crippen LogP contribution < -0.4 is 20.4 Å². The molecule has 0 saturated carbocycles. The van der Waals surface area contributed by atoms with Gasteiger partial charge in [-0.3, -0.25) is 0 Å². The minimum absolute atomic E-state index is 0.245. The summed E-state index contributed by atoms with van der Waals surface area (Å²) in [7, 11) is 0. The van der Waals surface area contributed by atoms with Gasteiger partial charge in [0.15, 0.2) is 27.7 Å². The molecule has 0 aliphatic carbocycles. The highest BCUT2D eigenvalue weighted by atomic mass is 32.1. The van der Waals surface area contributed by atoms with Crippen molar-refractivity contribution < 1.29 is 13.2 Å². The normalized spacial score (nSPS) is 17.9. The Hall–Kier alpha value is -6.28. The first-order valence-electron chi connectivity index (χ1n) is 19.6. The molecule has 8 heterocycles. The Labute approximate surface area is 333 Å². The highest BCUT2D eigenvalue weighted by Gasteiger charge is 2.35. The van der Waals surface area contributed by atoms with Crippen molar-refractivity contribution in [2.45, 2.75) is 52.4 Å². The molecule has 2 N–H and O–H groups in total. The van der Waals surface area contributed by atoms with Gasteiger partial charge < -0.3 is 29.3 Å². The molecule has 3 aromatic heterocycles. The number of aryl methyl sites for hydroxylation is 2. The number of nitrogens with one attached hydrogen (secondary N) is 2. The minimum atomic E-state index is -0.426. The molecule has 0 unspecified atom stereocenters. The molecule has 14 heteroatoms. The molecule has 0 atom stereocenters. The number of rotatable bonds is 9. The third-order valence-electron chi connectivity index (χ3n) is 10.7. The summed E-state index contributed by atoms with van der Waals surface area (Å²) in [6.45, 7) is 7.91. The molecule has 12 nitrogen and oxygen atoms in total. The van der Waals surface area contributed by atoms with E-state index in [1.165, 1.54) is 44.7 Å². The zero-order valence-corrected chi connectivity index (χ0v) is 32.6. The second-order valence-corrected chi connectivity index (χ2v) is 15.8. The van der Waals surface area contributed by atoms with Gasteiger partial charge in [0.05, 0.1) is 34.7 Å². The van der Waals surface area contributed by atoms with Gasteiger partial charge in [-0.15, -0.1) is 0 Å². The van der Waals surface area contributed by atoms with Gasteiger partial charge in [0, 0.05) is 60.8 Å². The van der Waals surface area contributed by atoms with Crippen LogP contribution in [0.2, 0.25) is 0 Å². The second-order valence-electron chi connectivity index (χ2n) is 14.8. The standard InChI is InChI=1S/C43H41FN10O2S/c1-26-9-15-38(55-26)46-33-21-28(52-17-5-3-6-18-52)11-13-31(33)35-23-30-24-36(49-43-51-40(41-45-25-37(44)57-41)50-42(48-35)54(30)43)32-14-12-29(53-19-7-4-8-20-53)22-34(32)47-39-16-10-27(2)56-39/h9-16,21-25,46-47H,3-8,17-20H2,1-2H3. The van der Waals surface area contributed by atoms with E-state index in [1.807, 2.05) is 55.2 Å². The van der Waals surface area contributed by atoms with Gasteiger partial charge >= 0.3 is 0 Å². The number of thiazole rings is 1. The molecule has 0 radical (unpaired) electrons. The van der Waals surface area contributed by atoms with Gasteiger partial charge in [-0.05, 0) is 113 Å². The number of aliphatic imine (C=N–C) groups is 4.